The van der Waals surface area contributed by atoms with Gasteiger partial charge >= 0.3 is 5.97 Å². The maximum Gasteiger partial charge on any atom is 0.356 e. The van der Waals surface area contributed by atoms with Crippen LogP contribution in [0.25, 0.3) is 10.9 Å². The molecule has 1 heterocycles. The summed E-state index contributed by atoms with van der Waals surface area (Å²) in [4.78, 5) is 18.0. The molecule has 5 heteroatoms. The first-order valence-corrected chi connectivity index (χ1v) is 8.92. The van der Waals surface area contributed by atoms with Gasteiger partial charge in [0, 0.05) is 11.8 Å². The molecule has 0 amide bonds. The molecule has 28 heavy (non-hydrogen) atoms. The predicted octanol–water partition coefficient (Wildman–Crippen LogP) is 4.89. The lowest BCUT2D eigenvalue weighted by atomic mass is 10.0. The summed E-state index contributed by atoms with van der Waals surface area (Å²) in [5.74, 6) is -1.37. The largest absolute Gasteiger partial charge is 0.476 e. The summed E-state index contributed by atoms with van der Waals surface area (Å²) in [6.07, 6.45) is 0.0242. The van der Waals surface area contributed by atoms with Gasteiger partial charge in [-0.05, 0) is 35.4 Å². The van der Waals surface area contributed by atoms with Crippen LogP contribution in [-0.4, -0.2) is 15.8 Å². The van der Waals surface area contributed by atoms with Crippen molar-refractivity contribution in [1.82, 2.24) is 4.73 Å². The van der Waals surface area contributed by atoms with Crippen LogP contribution < -0.4 is 4.84 Å². The molecule has 0 aliphatic rings. The molecule has 0 radical (unpaired) electrons. The topological polar surface area (TPSA) is 51.5 Å². The summed E-state index contributed by atoms with van der Waals surface area (Å²) in [5.41, 5.74) is 2.53. The first kappa shape index (κ1) is 17.8. The van der Waals surface area contributed by atoms with Gasteiger partial charge in [-0.2, -0.15) is 4.73 Å². The Balaban J connectivity index is 1.76. The molecule has 0 aliphatic carbocycles. The molecule has 1 N–H and O–H groups in total. The Hall–Kier alpha value is -3.60. The van der Waals surface area contributed by atoms with Gasteiger partial charge in [-0.15, -0.1) is 0 Å². The van der Waals surface area contributed by atoms with Crippen LogP contribution in [0, 0.1) is 5.82 Å². The lowest BCUT2D eigenvalue weighted by molar-refractivity contribution is 0.0322. The van der Waals surface area contributed by atoms with Crippen LogP contribution in [0.4, 0.5) is 4.39 Å². The molecule has 0 spiro atoms. The van der Waals surface area contributed by atoms with Crippen molar-refractivity contribution in [2.45, 2.75) is 12.5 Å². The molecule has 1 aromatic heterocycles. The summed E-state index contributed by atoms with van der Waals surface area (Å²) in [5, 5.41) is 10.4. The minimum Gasteiger partial charge on any atom is -0.476 e. The van der Waals surface area contributed by atoms with Crippen molar-refractivity contribution in [3.8, 4) is 0 Å². The summed E-state index contributed by atoms with van der Waals surface area (Å²) >= 11 is 0. The SMILES string of the molecule is O=C(O)c1cc2ccccc2n1OC(Cc1ccc(F)cc1)c1ccccc1. The molecule has 4 nitrogen and oxygen atoms in total. The van der Waals surface area contributed by atoms with Crippen molar-refractivity contribution in [2.75, 3.05) is 0 Å². The van der Waals surface area contributed by atoms with E-state index in [0.717, 1.165) is 16.5 Å². The molecular weight excluding hydrogens is 357 g/mol. The first-order chi connectivity index (χ1) is 13.6. The Morgan fingerprint density at radius 1 is 0.964 bits per heavy atom. The standard InChI is InChI=1S/C23H18FNO3/c24-19-12-10-16(11-13-19)14-22(17-6-2-1-3-7-17)28-25-20-9-5-4-8-18(20)15-21(25)23(26)27/h1-13,15,22H,14H2,(H,26,27). The van der Waals surface area contributed by atoms with Crippen LogP contribution in [0.3, 0.4) is 0 Å². The Kier molecular flexibility index (Phi) is 4.81. The number of aromatic nitrogens is 1. The van der Waals surface area contributed by atoms with Gasteiger partial charge in [-0.1, -0.05) is 60.7 Å². The second-order valence-electron chi connectivity index (χ2n) is 6.52. The van der Waals surface area contributed by atoms with Crippen molar-refractivity contribution < 1.29 is 19.1 Å². The maximum atomic E-state index is 13.3. The number of nitrogens with zero attached hydrogens (tertiary/aromatic N) is 1. The van der Waals surface area contributed by atoms with Crippen molar-refractivity contribution in [2.24, 2.45) is 0 Å². The third-order valence-electron chi connectivity index (χ3n) is 4.62. The van der Waals surface area contributed by atoms with Gasteiger partial charge in [0.25, 0.3) is 0 Å². The number of halogens is 1. The zero-order valence-electron chi connectivity index (χ0n) is 15.0. The first-order valence-electron chi connectivity index (χ1n) is 8.92. The molecule has 0 fully saturated rings. The number of rotatable bonds is 6. The Labute approximate surface area is 161 Å². The van der Waals surface area contributed by atoms with E-state index in [1.165, 1.54) is 16.9 Å². The van der Waals surface area contributed by atoms with E-state index >= 15 is 0 Å². The molecule has 1 atom stereocenters. The zero-order valence-corrected chi connectivity index (χ0v) is 15.0. The fraction of sp³-hybridized carbons (Fsp3) is 0.0870. The number of fused-ring (bicyclic) bond motifs is 1. The molecule has 0 saturated carbocycles. The zero-order chi connectivity index (χ0) is 19.5. The molecule has 0 saturated heterocycles. The number of para-hydroxylation sites is 1. The van der Waals surface area contributed by atoms with Crippen LogP contribution in [0.5, 0.6) is 0 Å². The molecule has 0 aliphatic heterocycles. The summed E-state index contributed by atoms with van der Waals surface area (Å²) in [6, 6.07) is 24.8. The number of carboxylic acids is 1. The fourth-order valence-corrected chi connectivity index (χ4v) is 3.24. The molecule has 4 aromatic rings. The third-order valence-corrected chi connectivity index (χ3v) is 4.62. The highest BCUT2D eigenvalue weighted by atomic mass is 19.1. The molecule has 1 unspecified atom stereocenters. The van der Waals surface area contributed by atoms with E-state index in [1.807, 2.05) is 54.6 Å². The van der Waals surface area contributed by atoms with Gasteiger partial charge in [0.2, 0.25) is 0 Å². The van der Waals surface area contributed by atoms with Crippen LogP contribution in [0.15, 0.2) is 84.9 Å². The lowest BCUT2D eigenvalue weighted by Gasteiger charge is -2.21. The van der Waals surface area contributed by atoms with Gasteiger partial charge in [-0.25, -0.2) is 9.18 Å². The average Bonchev–Trinajstić information content (AvgIpc) is 3.09. The van der Waals surface area contributed by atoms with Gasteiger partial charge < -0.3 is 9.94 Å². The highest BCUT2D eigenvalue weighted by molar-refractivity contribution is 5.94. The predicted molar refractivity (Wildman–Crippen MR) is 105 cm³/mol. The van der Waals surface area contributed by atoms with E-state index in [1.54, 1.807) is 18.2 Å². The number of carboxylic acid groups (broad SMARTS) is 1. The van der Waals surface area contributed by atoms with Crippen molar-refractivity contribution in [3.05, 3.63) is 108 Å². The van der Waals surface area contributed by atoms with Gasteiger partial charge in [-0.3, -0.25) is 0 Å². The number of hydrogen-bond donors (Lipinski definition) is 1. The van der Waals surface area contributed by atoms with Crippen molar-refractivity contribution in [1.29, 1.82) is 0 Å². The summed E-state index contributed by atoms with van der Waals surface area (Å²) in [6.45, 7) is 0. The van der Waals surface area contributed by atoms with E-state index in [2.05, 4.69) is 0 Å². The van der Waals surface area contributed by atoms with E-state index in [0.29, 0.717) is 11.9 Å². The number of carbonyl (C=O) groups is 1. The van der Waals surface area contributed by atoms with Crippen molar-refractivity contribution >= 4 is 16.9 Å². The van der Waals surface area contributed by atoms with Crippen LogP contribution in [0.1, 0.15) is 27.7 Å². The summed E-state index contributed by atoms with van der Waals surface area (Å²) < 4.78 is 14.6. The lowest BCUT2D eigenvalue weighted by Crippen LogP contribution is -2.23. The van der Waals surface area contributed by atoms with Crippen LogP contribution in [0.2, 0.25) is 0 Å². The Morgan fingerprint density at radius 2 is 1.64 bits per heavy atom. The molecule has 3 aromatic carbocycles. The highest BCUT2D eigenvalue weighted by Gasteiger charge is 2.21. The molecule has 140 valence electrons. The fourth-order valence-electron chi connectivity index (χ4n) is 3.24. The maximum absolute atomic E-state index is 13.3. The molecular formula is C23H18FNO3. The Morgan fingerprint density at radius 3 is 2.36 bits per heavy atom. The van der Waals surface area contributed by atoms with E-state index in [4.69, 9.17) is 4.84 Å². The second kappa shape index (κ2) is 7.56. The van der Waals surface area contributed by atoms with Gasteiger partial charge in [0.1, 0.15) is 5.82 Å². The second-order valence-corrected chi connectivity index (χ2v) is 6.52. The van der Waals surface area contributed by atoms with E-state index in [9.17, 15) is 14.3 Å². The number of hydrogen-bond acceptors (Lipinski definition) is 2. The molecule has 0 bridgehead atoms. The number of benzene rings is 3. The molecule has 4 rings (SSSR count). The highest BCUT2D eigenvalue weighted by Crippen LogP contribution is 2.25. The Bertz CT molecular complexity index is 1100. The van der Waals surface area contributed by atoms with E-state index in [-0.39, 0.29) is 11.5 Å². The van der Waals surface area contributed by atoms with Gasteiger partial charge in [0.05, 0.1) is 5.52 Å². The normalized spacial score (nSPS) is 12.0. The quantitative estimate of drug-likeness (QED) is 0.522. The number of aromatic carboxylic acids is 1. The third kappa shape index (κ3) is 3.60. The van der Waals surface area contributed by atoms with Gasteiger partial charge in [0.15, 0.2) is 11.8 Å². The minimum atomic E-state index is -1.07. The van der Waals surface area contributed by atoms with Crippen LogP contribution >= 0.6 is 0 Å². The van der Waals surface area contributed by atoms with E-state index < -0.39 is 12.1 Å². The smallest absolute Gasteiger partial charge is 0.356 e. The minimum absolute atomic E-state index is 0.0567. The van der Waals surface area contributed by atoms with Crippen molar-refractivity contribution in [3.63, 3.8) is 0 Å². The summed E-state index contributed by atoms with van der Waals surface area (Å²) in [7, 11) is 0. The average molecular weight is 375 g/mol. The monoisotopic (exact) mass is 375 g/mol. The van der Waals surface area contributed by atoms with Crippen LogP contribution in [-0.2, 0) is 6.42 Å².